The molecule has 2 aromatic carbocycles. The van der Waals surface area contributed by atoms with Gasteiger partial charge in [-0.15, -0.1) is 0 Å². The molecule has 2 aromatic rings. The molecule has 0 spiro atoms. The molecule has 1 saturated heterocycles. The van der Waals surface area contributed by atoms with Crippen LogP contribution in [-0.2, 0) is 30.9 Å². The Hall–Kier alpha value is -3.75. The van der Waals surface area contributed by atoms with Crippen LogP contribution in [0.25, 0.3) is 0 Å². The third-order valence-electron chi connectivity index (χ3n) is 5.13. The van der Waals surface area contributed by atoms with Crippen molar-refractivity contribution in [2.45, 2.75) is 17.7 Å². The summed E-state index contributed by atoms with van der Waals surface area (Å²) < 4.78 is 42.7. The first-order chi connectivity index (χ1) is 16.3. The van der Waals surface area contributed by atoms with Crippen LogP contribution in [0.5, 0.6) is 11.5 Å². The first kappa shape index (κ1) is 23.4. The lowest BCUT2D eigenvalue weighted by Gasteiger charge is -2.22. The van der Waals surface area contributed by atoms with Crippen molar-refractivity contribution in [1.82, 2.24) is 14.9 Å². The number of carbonyl (C=O) groups excluding carboxylic acids is 2. The van der Waals surface area contributed by atoms with Gasteiger partial charge in [-0.25, -0.2) is 8.42 Å². The van der Waals surface area contributed by atoms with Crippen molar-refractivity contribution in [3.05, 3.63) is 58.1 Å². The zero-order valence-electron chi connectivity index (χ0n) is 17.6. The van der Waals surface area contributed by atoms with E-state index in [1.54, 1.807) is 18.2 Å². The van der Waals surface area contributed by atoms with Gasteiger partial charge in [-0.2, -0.15) is 4.31 Å². The number of fused-ring (bicyclic) bond motifs is 1. The maximum Gasteiger partial charge on any atom is 0.309 e. The van der Waals surface area contributed by atoms with Crippen molar-refractivity contribution in [1.29, 1.82) is 0 Å². The Morgan fingerprint density at radius 1 is 1.06 bits per heavy atom. The first-order valence-electron chi connectivity index (χ1n) is 10.1. The van der Waals surface area contributed by atoms with Crippen molar-refractivity contribution in [3.63, 3.8) is 0 Å². The number of amides is 2. The molecule has 13 nitrogen and oxygen atoms in total. The van der Waals surface area contributed by atoms with Crippen molar-refractivity contribution in [3.8, 4) is 11.5 Å². The van der Waals surface area contributed by atoms with Gasteiger partial charge in [-0.1, -0.05) is 6.07 Å². The summed E-state index contributed by atoms with van der Waals surface area (Å²) in [5.74, 6) is -0.717. The number of carbonyl (C=O) groups is 2. The summed E-state index contributed by atoms with van der Waals surface area (Å²) in [7, 11) is -4.04. The van der Waals surface area contributed by atoms with E-state index in [-0.39, 0.29) is 43.6 Å². The number of nitrogens with one attached hydrogen (secondary N) is 2. The second-order valence-corrected chi connectivity index (χ2v) is 9.16. The predicted octanol–water partition coefficient (Wildman–Crippen LogP) is 0.103. The molecule has 0 saturated carbocycles. The lowest BCUT2D eigenvalue weighted by molar-refractivity contribution is -0.384. The van der Waals surface area contributed by atoms with E-state index in [9.17, 15) is 28.1 Å². The number of benzene rings is 2. The van der Waals surface area contributed by atoms with E-state index in [0.717, 1.165) is 28.6 Å². The Balaban J connectivity index is 1.31. The molecule has 2 aliphatic heterocycles. The van der Waals surface area contributed by atoms with Crippen LogP contribution in [0.4, 0.5) is 5.69 Å². The summed E-state index contributed by atoms with van der Waals surface area (Å²) in [6.45, 7) is 0.0406. The molecule has 2 heterocycles. The second-order valence-electron chi connectivity index (χ2n) is 7.27. The maximum absolute atomic E-state index is 12.9. The minimum Gasteiger partial charge on any atom is -0.454 e. The van der Waals surface area contributed by atoms with Gasteiger partial charge >= 0.3 is 11.8 Å². The highest BCUT2D eigenvalue weighted by molar-refractivity contribution is 7.89. The van der Waals surface area contributed by atoms with Crippen molar-refractivity contribution >= 4 is 27.5 Å². The highest BCUT2D eigenvalue weighted by Crippen LogP contribution is 2.32. The first-order valence-corrected chi connectivity index (χ1v) is 11.5. The van der Waals surface area contributed by atoms with Crippen LogP contribution in [0.1, 0.15) is 5.56 Å². The molecule has 4 rings (SSSR count). The fraction of sp³-hybridized carbons (Fsp3) is 0.300. The molecule has 2 N–H and O–H groups in total. The Bertz CT molecular complexity index is 1220. The fourth-order valence-corrected chi connectivity index (χ4v) is 4.90. The van der Waals surface area contributed by atoms with Crippen LogP contribution in [-0.4, -0.2) is 62.2 Å². The Morgan fingerprint density at radius 3 is 2.50 bits per heavy atom. The lowest BCUT2D eigenvalue weighted by Crippen LogP contribution is -2.47. The number of non-ortho nitro benzene ring substituents is 1. The van der Waals surface area contributed by atoms with E-state index in [1.165, 1.54) is 0 Å². The van der Waals surface area contributed by atoms with Gasteiger partial charge in [0.1, 0.15) is 6.23 Å². The van der Waals surface area contributed by atoms with Crippen molar-refractivity contribution in [2.24, 2.45) is 0 Å². The number of rotatable bonds is 7. The molecule has 0 aromatic heterocycles. The second kappa shape index (κ2) is 9.62. The Morgan fingerprint density at radius 2 is 1.76 bits per heavy atom. The number of nitro groups is 1. The average Bonchev–Trinajstić information content (AvgIpc) is 3.50. The molecule has 2 amide bonds. The fourth-order valence-electron chi connectivity index (χ4n) is 3.39. The zero-order valence-corrected chi connectivity index (χ0v) is 18.4. The van der Waals surface area contributed by atoms with Gasteiger partial charge < -0.3 is 24.8 Å². The molecule has 0 radical (unpaired) electrons. The van der Waals surface area contributed by atoms with Crippen LogP contribution in [0.15, 0.2) is 47.4 Å². The van der Waals surface area contributed by atoms with E-state index < -0.39 is 33.0 Å². The standard InChI is InChI=1S/C20H20N4O9S/c25-19(21-10-13-1-6-16-17(9-13)33-12-32-16)20(26)22-11-18-23(7-8-31-18)34(29,30)15-4-2-14(3-5-15)24(27)28/h1-6,9,18H,7-8,10-12H2,(H,21,25)(H,22,26)/t18-/m1/s1. The molecule has 0 unspecified atom stereocenters. The molecule has 0 bridgehead atoms. The normalized spacial score (nSPS) is 17.4. The van der Waals surface area contributed by atoms with Crippen molar-refractivity contribution in [2.75, 3.05) is 26.5 Å². The van der Waals surface area contributed by atoms with Crippen LogP contribution in [0, 0.1) is 10.1 Å². The van der Waals surface area contributed by atoms with Crippen LogP contribution >= 0.6 is 0 Å². The highest BCUT2D eigenvalue weighted by atomic mass is 32.2. The summed E-state index contributed by atoms with van der Waals surface area (Å²) >= 11 is 0. The smallest absolute Gasteiger partial charge is 0.309 e. The van der Waals surface area contributed by atoms with Gasteiger partial charge in [0.15, 0.2) is 11.5 Å². The topological polar surface area (TPSA) is 166 Å². The Kier molecular flexibility index (Phi) is 6.63. The summed E-state index contributed by atoms with van der Waals surface area (Å²) in [6, 6.07) is 9.54. The molecule has 14 heteroatoms. The third-order valence-corrected chi connectivity index (χ3v) is 7.03. The minimum atomic E-state index is -4.04. The van der Waals surface area contributed by atoms with E-state index in [0.29, 0.717) is 17.1 Å². The summed E-state index contributed by atoms with van der Waals surface area (Å²) in [5, 5.41) is 15.6. The minimum absolute atomic E-state index is 0.0240. The number of nitro benzene ring substituents is 1. The van der Waals surface area contributed by atoms with E-state index >= 15 is 0 Å². The lowest BCUT2D eigenvalue weighted by atomic mass is 10.2. The predicted molar refractivity (Wildman–Crippen MR) is 114 cm³/mol. The van der Waals surface area contributed by atoms with Gasteiger partial charge in [-0.05, 0) is 29.8 Å². The molecular formula is C20H20N4O9S. The van der Waals surface area contributed by atoms with E-state index in [1.807, 2.05) is 0 Å². The van der Waals surface area contributed by atoms with Gasteiger partial charge in [0, 0.05) is 25.2 Å². The molecule has 34 heavy (non-hydrogen) atoms. The maximum atomic E-state index is 12.9. The SMILES string of the molecule is O=C(NCc1ccc2c(c1)OCO2)C(=O)NC[C@H]1OCCN1S(=O)(=O)c1ccc([N+](=O)[O-])cc1. The largest absolute Gasteiger partial charge is 0.454 e. The molecule has 1 fully saturated rings. The summed E-state index contributed by atoms with van der Waals surface area (Å²) in [6.07, 6.45) is -1.04. The number of hydrogen-bond donors (Lipinski definition) is 2. The third kappa shape index (κ3) is 4.93. The zero-order chi connectivity index (χ0) is 24.3. The van der Waals surface area contributed by atoms with Crippen molar-refractivity contribution < 1.29 is 37.1 Å². The van der Waals surface area contributed by atoms with Gasteiger partial charge in [0.05, 0.1) is 23.0 Å². The number of sulfonamides is 1. The molecular weight excluding hydrogens is 472 g/mol. The molecule has 2 aliphatic rings. The number of nitrogens with zero attached hydrogens (tertiary/aromatic N) is 2. The van der Waals surface area contributed by atoms with Gasteiger partial charge in [-0.3, -0.25) is 19.7 Å². The molecule has 0 aliphatic carbocycles. The molecule has 1 atom stereocenters. The quantitative estimate of drug-likeness (QED) is 0.310. The molecule has 180 valence electrons. The van der Waals surface area contributed by atoms with Crippen LogP contribution in [0.2, 0.25) is 0 Å². The average molecular weight is 492 g/mol. The summed E-state index contributed by atoms with van der Waals surface area (Å²) in [5.41, 5.74) is 0.456. The van der Waals surface area contributed by atoms with Gasteiger partial charge in [0.25, 0.3) is 5.69 Å². The number of hydrogen-bond acceptors (Lipinski definition) is 9. The van der Waals surface area contributed by atoms with Crippen LogP contribution in [0.3, 0.4) is 0 Å². The van der Waals surface area contributed by atoms with E-state index in [2.05, 4.69) is 10.6 Å². The van der Waals surface area contributed by atoms with Crippen LogP contribution < -0.4 is 20.1 Å². The van der Waals surface area contributed by atoms with Gasteiger partial charge in [0.2, 0.25) is 16.8 Å². The van der Waals surface area contributed by atoms with E-state index in [4.69, 9.17) is 14.2 Å². The monoisotopic (exact) mass is 492 g/mol. The Labute approximate surface area is 193 Å². The highest BCUT2D eigenvalue weighted by Gasteiger charge is 2.37. The summed E-state index contributed by atoms with van der Waals surface area (Å²) in [4.78, 5) is 34.3. The number of ether oxygens (including phenoxy) is 3.